The van der Waals surface area contributed by atoms with E-state index >= 15 is 0 Å². The van der Waals surface area contributed by atoms with E-state index in [0.29, 0.717) is 16.7 Å². The van der Waals surface area contributed by atoms with E-state index in [-0.39, 0.29) is 11.2 Å². The van der Waals surface area contributed by atoms with Crippen LogP contribution in [0.3, 0.4) is 0 Å². The van der Waals surface area contributed by atoms with Crippen LogP contribution < -0.4 is 5.43 Å². The molecule has 3 heteroatoms. The number of unbranched alkanes of at least 4 members (excludes halogenated alkanes) is 2. The maximum Gasteiger partial charge on any atom is 0.192 e. The van der Waals surface area contributed by atoms with Crippen LogP contribution in [0.2, 0.25) is 0 Å². The van der Waals surface area contributed by atoms with Crippen molar-refractivity contribution >= 4 is 11.0 Å². The van der Waals surface area contributed by atoms with Gasteiger partial charge >= 0.3 is 0 Å². The lowest BCUT2D eigenvalue weighted by Gasteiger charge is -2.02. The van der Waals surface area contributed by atoms with Gasteiger partial charge in [0.1, 0.15) is 17.1 Å². The second kappa shape index (κ2) is 5.04. The average molecular weight is 232 g/mol. The standard InChI is InChI=1S/C14H16O3/c1-2-3-4-5-11-9-13(16)12-7-6-10(15)8-14(12)17-11/h6-9,15H,2-5H2,1H3. The van der Waals surface area contributed by atoms with Crippen molar-refractivity contribution in [2.24, 2.45) is 0 Å². The molecule has 0 radical (unpaired) electrons. The molecule has 0 unspecified atom stereocenters. The van der Waals surface area contributed by atoms with Gasteiger partial charge in [-0.2, -0.15) is 0 Å². The zero-order valence-corrected chi connectivity index (χ0v) is 9.90. The molecule has 0 bridgehead atoms. The quantitative estimate of drug-likeness (QED) is 0.823. The van der Waals surface area contributed by atoms with E-state index in [0.717, 1.165) is 25.7 Å². The lowest BCUT2D eigenvalue weighted by molar-refractivity contribution is 0.471. The first-order valence-electron chi connectivity index (χ1n) is 5.96. The van der Waals surface area contributed by atoms with E-state index < -0.39 is 0 Å². The Labute approximate surface area is 99.7 Å². The zero-order chi connectivity index (χ0) is 12.3. The molecule has 17 heavy (non-hydrogen) atoms. The number of rotatable bonds is 4. The fourth-order valence-electron chi connectivity index (χ4n) is 1.87. The Kier molecular flexibility index (Phi) is 3.47. The lowest BCUT2D eigenvalue weighted by atomic mass is 10.1. The van der Waals surface area contributed by atoms with Gasteiger partial charge in [-0.05, 0) is 18.6 Å². The van der Waals surface area contributed by atoms with Gasteiger partial charge in [0, 0.05) is 18.6 Å². The Morgan fingerprint density at radius 1 is 1.24 bits per heavy atom. The lowest BCUT2D eigenvalue weighted by Crippen LogP contribution is -2.02. The zero-order valence-electron chi connectivity index (χ0n) is 9.90. The molecule has 1 aromatic heterocycles. The molecule has 3 nitrogen and oxygen atoms in total. The SMILES string of the molecule is CCCCCc1cc(=O)c2ccc(O)cc2o1. The third-order valence-electron chi connectivity index (χ3n) is 2.79. The van der Waals surface area contributed by atoms with Crippen LogP contribution in [0.25, 0.3) is 11.0 Å². The minimum atomic E-state index is -0.0438. The Morgan fingerprint density at radius 3 is 2.82 bits per heavy atom. The van der Waals surface area contributed by atoms with Gasteiger partial charge in [0.2, 0.25) is 0 Å². The van der Waals surface area contributed by atoms with Crippen molar-refractivity contribution in [1.29, 1.82) is 0 Å². The van der Waals surface area contributed by atoms with Crippen molar-refractivity contribution in [2.75, 3.05) is 0 Å². The minimum Gasteiger partial charge on any atom is -0.508 e. The van der Waals surface area contributed by atoms with Crippen molar-refractivity contribution < 1.29 is 9.52 Å². The normalized spacial score (nSPS) is 10.9. The third-order valence-corrected chi connectivity index (χ3v) is 2.79. The molecule has 1 heterocycles. The van der Waals surface area contributed by atoms with Crippen LogP contribution in [-0.2, 0) is 6.42 Å². The first-order chi connectivity index (χ1) is 8.20. The molecule has 90 valence electrons. The summed E-state index contributed by atoms with van der Waals surface area (Å²) in [4.78, 5) is 11.8. The first-order valence-corrected chi connectivity index (χ1v) is 5.96. The molecular weight excluding hydrogens is 216 g/mol. The molecule has 1 aromatic carbocycles. The van der Waals surface area contributed by atoms with Crippen LogP contribution in [0, 0.1) is 0 Å². The molecule has 2 rings (SSSR count). The highest BCUT2D eigenvalue weighted by Gasteiger charge is 2.05. The van der Waals surface area contributed by atoms with Gasteiger partial charge in [-0.3, -0.25) is 4.79 Å². The number of phenolic OH excluding ortho intramolecular Hbond substituents is 1. The van der Waals surface area contributed by atoms with E-state index in [9.17, 15) is 9.90 Å². The van der Waals surface area contributed by atoms with Crippen LogP contribution in [0.1, 0.15) is 31.9 Å². The summed E-state index contributed by atoms with van der Waals surface area (Å²) in [5.74, 6) is 0.813. The molecule has 2 aromatic rings. The Morgan fingerprint density at radius 2 is 2.06 bits per heavy atom. The van der Waals surface area contributed by atoms with Gasteiger partial charge in [0.15, 0.2) is 5.43 Å². The maximum atomic E-state index is 11.8. The van der Waals surface area contributed by atoms with Crippen molar-refractivity contribution in [1.82, 2.24) is 0 Å². The maximum absolute atomic E-state index is 11.8. The number of aryl methyl sites for hydroxylation is 1. The predicted molar refractivity (Wildman–Crippen MR) is 67.4 cm³/mol. The number of hydrogen-bond donors (Lipinski definition) is 1. The summed E-state index contributed by atoms with van der Waals surface area (Å²) in [7, 11) is 0. The Bertz CT molecular complexity index is 569. The van der Waals surface area contributed by atoms with Crippen LogP contribution in [-0.4, -0.2) is 5.11 Å². The van der Waals surface area contributed by atoms with Crippen LogP contribution in [0.15, 0.2) is 33.5 Å². The number of aromatic hydroxyl groups is 1. The molecule has 0 aliphatic heterocycles. The third kappa shape index (κ3) is 2.67. The Hall–Kier alpha value is -1.77. The van der Waals surface area contributed by atoms with E-state index in [1.165, 1.54) is 12.1 Å². The Balaban J connectivity index is 2.36. The van der Waals surface area contributed by atoms with Crippen LogP contribution in [0.5, 0.6) is 5.75 Å². The summed E-state index contributed by atoms with van der Waals surface area (Å²) in [6, 6.07) is 6.12. The highest BCUT2D eigenvalue weighted by molar-refractivity contribution is 5.77. The molecule has 0 fully saturated rings. The fourth-order valence-corrected chi connectivity index (χ4v) is 1.87. The molecule has 0 atom stereocenters. The number of phenols is 1. The molecule has 0 spiro atoms. The van der Waals surface area contributed by atoms with Crippen molar-refractivity contribution in [2.45, 2.75) is 32.6 Å². The van der Waals surface area contributed by atoms with Gasteiger partial charge in [0.25, 0.3) is 0 Å². The molecular formula is C14H16O3. The van der Waals surface area contributed by atoms with Crippen LogP contribution in [0.4, 0.5) is 0 Å². The summed E-state index contributed by atoms with van der Waals surface area (Å²) in [6.45, 7) is 2.13. The molecule has 0 saturated carbocycles. The molecule has 1 N–H and O–H groups in total. The van der Waals surface area contributed by atoms with Crippen LogP contribution >= 0.6 is 0 Å². The largest absolute Gasteiger partial charge is 0.508 e. The summed E-state index contributed by atoms with van der Waals surface area (Å²) in [5.41, 5.74) is 0.418. The second-order valence-corrected chi connectivity index (χ2v) is 4.21. The fraction of sp³-hybridized carbons (Fsp3) is 0.357. The van der Waals surface area contributed by atoms with E-state index in [4.69, 9.17) is 4.42 Å². The van der Waals surface area contributed by atoms with E-state index in [1.807, 2.05) is 0 Å². The summed E-state index contributed by atoms with van der Waals surface area (Å²) in [5, 5.41) is 9.88. The molecule has 0 aliphatic rings. The monoisotopic (exact) mass is 232 g/mol. The average Bonchev–Trinajstić information content (AvgIpc) is 2.28. The molecule has 0 saturated heterocycles. The summed E-state index contributed by atoms with van der Waals surface area (Å²) in [6.07, 6.45) is 4.05. The molecule has 0 amide bonds. The van der Waals surface area contributed by atoms with E-state index in [2.05, 4.69) is 6.92 Å². The topological polar surface area (TPSA) is 50.4 Å². The predicted octanol–water partition coefficient (Wildman–Crippen LogP) is 3.23. The van der Waals surface area contributed by atoms with Gasteiger partial charge in [0.05, 0.1) is 5.39 Å². The van der Waals surface area contributed by atoms with Crippen molar-refractivity contribution in [3.8, 4) is 5.75 Å². The van der Waals surface area contributed by atoms with Gasteiger partial charge in [-0.25, -0.2) is 0 Å². The summed E-state index contributed by atoms with van der Waals surface area (Å²) >= 11 is 0. The minimum absolute atomic E-state index is 0.0438. The van der Waals surface area contributed by atoms with E-state index in [1.54, 1.807) is 12.1 Å². The number of fused-ring (bicyclic) bond motifs is 1. The smallest absolute Gasteiger partial charge is 0.192 e. The first kappa shape index (κ1) is 11.7. The summed E-state index contributed by atoms with van der Waals surface area (Å²) < 4.78 is 5.61. The van der Waals surface area contributed by atoms with Gasteiger partial charge < -0.3 is 9.52 Å². The number of benzene rings is 1. The van der Waals surface area contributed by atoms with Gasteiger partial charge in [-0.15, -0.1) is 0 Å². The van der Waals surface area contributed by atoms with Gasteiger partial charge in [-0.1, -0.05) is 19.8 Å². The highest BCUT2D eigenvalue weighted by Crippen LogP contribution is 2.19. The molecule has 0 aliphatic carbocycles. The highest BCUT2D eigenvalue weighted by atomic mass is 16.3. The van der Waals surface area contributed by atoms with Crippen molar-refractivity contribution in [3.63, 3.8) is 0 Å². The number of hydrogen-bond acceptors (Lipinski definition) is 3. The van der Waals surface area contributed by atoms with Crippen molar-refractivity contribution in [3.05, 3.63) is 40.2 Å². The second-order valence-electron chi connectivity index (χ2n) is 4.21.